The van der Waals surface area contributed by atoms with Gasteiger partial charge in [0.1, 0.15) is 0 Å². The Morgan fingerprint density at radius 2 is 2.19 bits per heavy atom. The van der Waals surface area contributed by atoms with Gasteiger partial charge in [0.05, 0.1) is 12.7 Å². The topological polar surface area (TPSA) is 78.1 Å². The Kier molecular flexibility index (Phi) is 2.63. The van der Waals surface area contributed by atoms with Crippen LogP contribution in [0.4, 0.5) is 0 Å². The molecule has 82 valence electrons. The maximum absolute atomic E-state index is 11.1. The summed E-state index contributed by atoms with van der Waals surface area (Å²) >= 11 is 0. The molecule has 0 aliphatic heterocycles. The third-order valence-corrected chi connectivity index (χ3v) is 1.94. The van der Waals surface area contributed by atoms with Crippen LogP contribution in [-0.4, -0.2) is 28.3 Å². The predicted molar refractivity (Wildman–Crippen MR) is 53.6 cm³/mol. The number of ether oxygens (including phenoxy) is 1. The van der Waals surface area contributed by atoms with Gasteiger partial charge in [0.25, 0.3) is 0 Å². The highest BCUT2D eigenvalue weighted by molar-refractivity contribution is 5.84. The second-order valence-electron chi connectivity index (χ2n) is 3.09. The van der Waals surface area contributed by atoms with Crippen molar-refractivity contribution >= 4 is 5.97 Å². The summed E-state index contributed by atoms with van der Waals surface area (Å²) in [5.41, 5.74) is 1.55. The molecular weight excluding hydrogens is 210 g/mol. The standard InChI is InChI=1S/C10H9N3O3/c1-6-3-4-7(5-11-6)8-12-13-9(16-8)10(14)15-2/h3-5H,1-2H3. The van der Waals surface area contributed by atoms with E-state index >= 15 is 0 Å². The van der Waals surface area contributed by atoms with E-state index in [1.165, 1.54) is 7.11 Å². The van der Waals surface area contributed by atoms with E-state index < -0.39 is 5.97 Å². The van der Waals surface area contributed by atoms with Gasteiger partial charge in [0, 0.05) is 11.9 Å². The molecule has 6 nitrogen and oxygen atoms in total. The van der Waals surface area contributed by atoms with Crippen molar-refractivity contribution in [1.82, 2.24) is 15.2 Å². The van der Waals surface area contributed by atoms with Crippen LogP contribution >= 0.6 is 0 Å². The van der Waals surface area contributed by atoms with Crippen LogP contribution in [0.1, 0.15) is 16.4 Å². The average molecular weight is 219 g/mol. The second kappa shape index (κ2) is 4.09. The molecule has 0 bridgehead atoms. The molecule has 2 heterocycles. The number of nitrogens with zero attached hydrogens (tertiary/aromatic N) is 3. The van der Waals surface area contributed by atoms with E-state index in [2.05, 4.69) is 19.9 Å². The van der Waals surface area contributed by atoms with E-state index in [0.717, 1.165) is 5.69 Å². The lowest BCUT2D eigenvalue weighted by Gasteiger charge is -1.94. The van der Waals surface area contributed by atoms with Crippen LogP contribution in [-0.2, 0) is 4.74 Å². The van der Waals surface area contributed by atoms with E-state index in [1.54, 1.807) is 12.3 Å². The summed E-state index contributed by atoms with van der Waals surface area (Å²) in [6, 6.07) is 3.61. The second-order valence-corrected chi connectivity index (χ2v) is 3.09. The third-order valence-electron chi connectivity index (χ3n) is 1.94. The number of hydrogen-bond donors (Lipinski definition) is 0. The Labute approximate surface area is 91.3 Å². The normalized spacial score (nSPS) is 10.1. The van der Waals surface area contributed by atoms with Gasteiger partial charge in [0.15, 0.2) is 0 Å². The molecule has 2 aromatic heterocycles. The number of pyridine rings is 1. The summed E-state index contributed by atoms with van der Waals surface area (Å²) in [4.78, 5) is 15.2. The maximum atomic E-state index is 11.1. The number of carbonyl (C=O) groups is 1. The molecule has 0 aliphatic carbocycles. The van der Waals surface area contributed by atoms with Crippen LogP contribution in [0, 0.1) is 6.92 Å². The molecule has 0 atom stereocenters. The van der Waals surface area contributed by atoms with Gasteiger partial charge < -0.3 is 9.15 Å². The quantitative estimate of drug-likeness (QED) is 0.707. The fourth-order valence-electron chi connectivity index (χ4n) is 1.10. The van der Waals surface area contributed by atoms with Gasteiger partial charge in [-0.15, -0.1) is 10.2 Å². The molecule has 6 heteroatoms. The summed E-state index contributed by atoms with van der Waals surface area (Å²) in [5, 5.41) is 7.29. The Morgan fingerprint density at radius 1 is 1.38 bits per heavy atom. The SMILES string of the molecule is COC(=O)c1nnc(-c2ccc(C)nc2)o1. The van der Waals surface area contributed by atoms with Crippen molar-refractivity contribution in [2.45, 2.75) is 6.92 Å². The Hall–Kier alpha value is -2.24. The fraction of sp³-hybridized carbons (Fsp3) is 0.200. The number of aryl methyl sites for hydroxylation is 1. The first-order valence-electron chi connectivity index (χ1n) is 4.55. The molecule has 0 aliphatic rings. The summed E-state index contributed by atoms with van der Waals surface area (Å²) in [5.74, 6) is -0.579. The predicted octanol–water partition coefficient (Wildman–Crippen LogP) is 1.23. The monoisotopic (exact) mass is 219 g/mol. The highest BCUT2D eigenvalue weighted by atomic mass is 16.5. The fourth-order valence-corrected chi connectivity index (χ4v) is 1.10. The van der Waals surface area contributed by atoms with E-state index in [-0.39, 0.29) is 11.8 Å². The third kappa shape index (κ3) is 1.90. The zero-order valence-corrected chi connectivity index (χ0v) is 8.80. The zero-order valence-electron chi connectivity index (χ0n) is 8.80. The molecule has 0 saturated heterocycles. The van der Waals surface area contributed by atoms with Gasteiger partial charge in [-0.3, -0.25) is 4.98 Å². The molecule has 0 fully saturated rings. The Morgan fingerprint density at radius 3 is 2.81 bits per heavy atom. The van der Waals surface area contributed by atoms with Crippen molar-refractivity contribution < 1.29 is 13.9 Å². The summed E-state index contributed by atoms with van der Waals surface area (Å²) in [7, 11) is 1.25. The van der Waals surface area contributed by atoms with Crippen molar-refractivity contribution in [2.24, 2.45) is 0 Å². The molecule has 0 radical (unpaired) electrons. The highest BCUT2D eigenvalue weighted by Gasteiger charge is 2.15. The number of aromatic nitrogens is 3. The van der Waals surface area contributed by atoms with Crippen molar-refractivity contribution in [2.75, 3.05) is 7.11 Å². The van der Waals surface area contributed by atoms with E-state index in [9.17, 15) is 4.79 Å². The summed E-state index contributed by atoms with van der Waals surface area (Å²) in [6.45, 7) is 1.87. The average Bonchev–Trinajstić information content (AvgIpc) is 2.78. The lowest BCUT2D eigenvalue weighted by molar-refractivity contribution is 0.0556. The number of rotatable bonds is 2. The van der Waals surface area contributed by atoms with Gasteiger partial charge in [0.2, 0.25) is 5.89 Å². The lowest BCUT2D eigenvalue weighted by atomic mass is 10.2. The minimum atomic E-state index is -0.654. The largest absolute Gasteiger partial charge is 0.462 e. The van der Waals surface area contributed by atoms with Gasteiger partial charge >= 0.3 is 11.9 Å². The van der Waals surface area contributed by atoms with Crippen LogP contribution in [0.2, 0.25) is 0 Å². The number of methoxy groups -OCH3 is 1. The molecule has 0 aromatic carbocycles. The van der Waals surface area contributed by atoms with Gasteiger partial charge in [-0.05, 0) is 19.1 Å². The van der Waals surface area contributed by atoms with E-state index in [0.29, 0.717) is 5.56 Å². The molecule has 0 spiro atoms. The first-order chi connectivity index (χ1) is 7.70. The highest BCUT2D eigenvalue weighted by Crippen LogP contribution is 2.16. The Balaban J connectivity index is 2.31. The van der Waals surface area contributed by atoms with Crippen molar-refractivity contribution in [3.05, 3.63) is 29.9 Å². The summed E-state index contributed by atoms with van der Waals surface area (Å²) in [6.07, 6.45) is 1.60. The molecule has 2 rings (SSSR count). The molecule has 0 unspecified atom stereocenters. The van der Waals surface area contributed by atoms with Gasteiger partial charge in [-0.25, -0.2) is 4.79 Å². The van der Waals surface area contributed by atoms with E-state index in [1.807, 2.05) is 13.0 Å². The molecule has 16 heavy (non-hydrogen) atoms. The zero-order chi connectivity index (χ0) is 11.5. The van der Waals surface area contributed by atoms with Gasteiger partial charge in [-0.1, -0.05) is 0 Å². The Bertz CT molecular complexity index is 504. The molecular formula is C10H9N3O3. The molecule has 0 N–H and O–H groups in total. The maximum Gasteiger partial charge on any atom is 0.396 e. The van der Waals surface area contributed by atoms with Crippen LogP contribution in [0.15, 0.2) is 22.7 Å². The summed E-state index contributed by atoms with van der Waals surface area (Å²) < 4.78 is 9.58. The lowest BCUT2D eigenvalue weighted by Crippen LogP contribution is -2.00. The molecule has 0 saturated carbocycles. The number of hydrogen-bond acceptors (Lipinski definition) is 6. The first-order valence-corrected chi connectivity index (χ1v) is 4.55. The van der Waals surface area contributed by atoms with Crippen molar-refractivity contribution in [1.29, 1.82) is 0 Å². The number of carbonyl (C=O) groups excluding carboxylic acids is 1. The first kappa shape index (κ1) is 10.3. The van der Waals surface area contributed by atoms with Crippen molar-refractivity contribution in [3.8, 4) is 11.5 Å². The number of esters is 1. The molecule has 2 aromatic rings. The minimum absolute atomic E-state index is 0.168. The minimum Gasteiger partial charge on any atom is -0.462 e. The van der Waals surface area contributed by atoms with Gasteiger partial charge in [-0.2, -0.15) is 0 Å². The van der Waals surface area contributed by atoms with Crippen LogP contribution in [0.5, 0.6) is 0 Å². The van der Waals surface area contributed by atoms with Crippen molar-refractivity contribution in [3.63, 3.8) is 0 Å². The smallest absolute Gasteiger partial charge is 0.396 e. The van der Waals surface area contributed by atoms with Crippen LogP contribution in [0.3, 0.4) is 0 Å². The van der Waals surface area contributed by atoms with E-state index in [4.69, 9.17) is 4.42 Å². The van der Waals surface area contributed by atoms with Crippen LogP contribution in [0.25, 0.3) is 11.5 Å². The molecule has 0 amide bonds. The van der Waals surface area contributed by atoms with Crippen LogP contribution < -0.4 is 0 Å².